The zero-order chi connectivity index (χ0) is 22.0. The summed E-state index contributed by atoms with van der Waals surface area (Å²) in [7, 11) is 0. The summed E-state index contributed by atoms with van der Waals surface area (Å²) in [5.74, 6) is 0.324. The van der Waals surface area contributed by atoms with E-state index in [4.69, 9.17) is 27.6 Å². The minimum absolute atomic E-state index is 0.199. The van der Waals surface area contributed by atoms with Crippen molar-refractivity contribution >= 4 is 57.5 Å². The molecule has 0 saturated carbocycles. The maximum absolute atomic E-state index is 13.1. The van der Waals surface area contributed by atoms with Crippen molar-refractivity contribution in [3.8, 4) is 0 Å². The molecule has 0 bridgehead atoms. The molecule has 0 unspecified atom stereocenters. The van der Waals surface area contributed by atoms with E-state index in [0.29, 0.717) is 32.5 Å². The fraction of sp³-hybridized carbons (Fsp3) is 0.136. The number of halogens is 2. The van der Waals surface area contributed by atoms with Crippen molar-refractivity contribution in [1.29, 1.82) is 0 Å². The molecule has 1 amide bonds. The predicted molar refractivity (Wildman–Crippen MR) is 124 cm³/mol. The van der Waals surface area contributed by atoms with Gasteiger partial charge in [0.2, 0.25) is 5.91 Å². The number of benzene rings is 2. The smallest absolute Gasteiger partial charge is 0.262 e. The number of para-hydroxylation sites is 1. The highest BCUT2D eigenvalue weighted by Gasteiger charge is 2.21. The van der Waals surface area contributed by atoms with Crippen LogP contribution in [0.25, 0.3) is 10.9 Å². The van der Waals surface area contributed by atoms with Crippen molar-refractivity contribution in [2.75, 3.05) is 5.32 Å². The summed E-state index contributed by atoms with van der Waals surface area (Å²) in [6.07, 6.45) is 1.55. The molecule has 4 rings (SSSR count). The fourth-order valence-corrected chi connectivity index (χ4v) is 4.24. The second-order valence-electron chi connectivity index (χ2n) is 6.73. The van der Waals surface area contributed by atoms with Crippen LogP contribution < -0.4 is 10.9 Å². The Morgan fingerprint density at radius 1 is 1.16 bits per heavy atom. The van der Waals surface area contributed by atoms with Crippen molar-refractivity contribution < 1.29 is 9.21 Å². The van der Waals surface area contributed by atoms with E-state index in [1.54, 1.807) is 61.7 Å². The van der Waals surface area contributed by atoms with E-state index in [1.165, 1.54) is 16.3 Å². The van der Waals surface area contributed by atoms with E-state index in [-0.39, 0.29) is 23.0 Å². The Kier molecular flexibility index (Phi) is 6.36. The molecule has 2 heterocycles. The van der Waals surface area contributed by atoms with Gasteiger partial charge in [-0.05, 0) is 43.3 Å². The number of nitrogens with zero attached hydrogens (tertiary/aromatic N) is 2. The van der Waals surface area contributed by atoms with Gasteiger partial charge in [0, 0.05) is 0 Å². The number of hydrogen-bond donors (Lipinski definition) is 1. The number of fused-ring (bicyclic) bond motifs is 1. The van der Waals surface area contributed by atoms with Gasteiger partial charge in [-0.3, -0.25) is 14.2 Å². The number of aromatic nitrogens is 2. The second-order valence-corrected chi connectivity index (χ2v) is 8.83. The van der Waals surface area contributed by atoms with Gasteiger partial charge in [0.15, 0.2) is 5.16 Å². The van der Waals surface area contributed by atoms with Crippen LogP contribution in [0.15, 0.2) is 75.2 Å². The molecule has 2 aromatic heterocycles. The number of anilines is 1. The summed E-state index contributed by atoms with van der Waals surface area (Å²) in [5, 5.41) is 3.75. The Balaban J connectivity index is 1.65. The van der Waals surface area contributed by atoms with Crippen LogP contribution in [0.1, 0.15) is 12.7 Å². The highest BCUT2D eigenvalue weighted by atomic mass is 35.5. The lowest BCUT2D eigenvalue weighted by Gasteiger charge is -2.16. The first-order chi connectivity index (χ1) is 14.9. The molecule has 31 heavy (non-hydrogen) atoms. The van der Waals surface area contributed by atoms with Crippen molar-refractivity contribution in [2.24, 2.45) is 0 Å². The molecule has 0 fully saturated rings. The van der Waals surface area contributed by atoms with Gasteiger partial charge in [-0.2, -0.15) is 0 Å². The first-order valence-corrected chi connectivity index (χ1v) is 11.0. The molecule has 1 atom stereocenters. The van der Waals surface area contributed by atoms with Crippen LogP contribution >= 0.6 is 35.0 Å². The number of carbonyl (C=O) groups excluding carboxylic acids is 1. The second kappa shape index (κ2) is 9.18. The zero-order valence-electron chi connectivity index (χ0n) is 16.3. The first kappa shape index (κ1) is 21.5. The quantitative estimate of drug-likeness (QED) is 0.297. The Morgan fingerprint density at radius 3 is 2.74 bits per heavy atom. The maximum Gasteiger partial charge on any atom is 0.262 e. The monoisotopic (exact) mass is 473 g/mol. The van der Waals surface area contributed by atoms with Gasteiger partial charge in [0.25, 0.3) is 5.56 Å². The third-order valence-electron chi connectivity index (χ3n) is 4.58. The lowest BCUT2D eigenvalue weighted by molar-refractivity contribution is -0.115. The number of rotatable bonds is 6. The lowest BCUT2D eigenvalue weighted by Crippen LogP contribution is -2.27. The zero-order valence-corrected chi connectivity index (χ0v) is 18.7. The summed E-state index contributed by atoms with van der Waals surface area (Å²) in [6.45, 7) is 1.94. The van der Waals surface area contributed by atoms with E-state index in [9.17, 15) is 9.59 Å². The largest absolute Gasteiger partial charge is 0.467 e. The van der Waals surface area contributed by atoms with Gasteiger partial charge < -0.3 is 9.73 Å². The van der Waals surface area contributed by atoms with Crippen LogP contribution in [0.4, 0.5) is 5.69 Å². The Bertz CT molecular complexity index is 1310. The molecule has 0 spiro atoms. The van der Waals surface area contributed by atoms with E-state index in [0.717, 1.165) is 0 Å². The van der Waals surface area contributed by atoms with Crippen LogP contribution in [0.3, 0.4) is 0 Å². The van der Waals surface area contributed by atoms with Crippen LogP contribution in [0, 0.1) is 0 Å². The molecule has 158 valence electrons. The molecule has 0 aliphatic rings. The third kappa shape index (κ3) is 4.63. The summed E-state index contributed by atoms with van der Waals surface area (Å²) >= 11 is 13.4. The summed E-state index contributed by atoms with van der Waals surface area (Å²) in [6, 6.07) is 15.7. The molecule has 1 N–H and O–H groups in total. The number of thioether (sulfide) groups is 1. The van der Waals surface area contributed by atoms with E-state index in [1.807, 2.05) is 6.07 Å². The number of carbonyl (C=O) groups is 1. The van der Waals surface area contributed by atoms with Gasteiger partial charge in [-0.25, -0.2) is 4.98 Å². The molecule has 6 nitrogen and oxygen atoms in total. The SMILES string of the molecule is C[C@H](Sc1nc2ccccc2c(=O)n1Cc1ccco1)C(=O)Nc1cccc(Cl)c1Cl. The van der Waals surface area contributed by atoms with Crippen molar-refractivity contribution in [2.45, 2.75) is 23.9 Å². The Hall–Kier alpha value is -2.74. The van der Waals surface area contributed by atoms with E-state index < -0.39 is 5.25 Å². The average Bonchev–Trinajstić information content (AvgIpc) is 3.27. The van der Waals surface area contributed by atoms with E-state index >= 15 is 0 Å². The Labute approximate surface area is 192 Å². The van der Waals surface area contributed by atoms with Gasteiger partial charge in [0.1, 0.15) is 5.76 Å². The lowest BCUT2D eigenvalue weighted by atomic mass is 10.2. The highest BCUT2D eigenvalue weighted by molar-refractivity contribution is 8.00. The minimum Gasteiger partial charge on any atom is -0.467 e. The number of furan rings is 1. The Morgan fingerprint density at radius 2 is 1.97 bits per heavy atom. The van der Waals surface area contributed by atoms with E-state index in [2.05, 4.69) is 10.3 Å². The van der Waals surface area contributed by atoms with Crippen LogP contribution in [0.5, 0.6) is 0 Å². The molecule has 0 saturated heterocycles. The molecular weight excluding hydrogens is 457 g/mol. The number of hydrogen-bond acceptors (Lipinski definition) is 5. The molecule has 4 aromatic rings. The average molecular weight is 474 g/mol. The predicted octanol–water partition coefficient (Wildman–Crippen LogP) is 5.46. The standard InChI is InChI=1S/C22H17Cl2N3O3S/c1-13(20(28)25-18-10-4-8-16(23)19(18)24)31-22-26-17-9-3-2-7-15(17)21(29)27(22)12-14-6-5-11-30-14/h2-11,13H,12H2,1H3,(H,25,28)/t13-/m0/s1. The van der Waals surface area contributed by atoms with Crippen molar-refractivity contribution in [3.63, 3.8) is 0 Å². The van der Waals surface area contributed by atoms with Gasteiger partial charge in [-0.15, -0.1) is 0 Å². The number of nitrogens with one attached hydrogen (secondary N) is 1. The molecular formula is C22H17Cl2N3O3S. The fourth-order valence-electron chi connectivity index (χ4n) is 2.98. The molecule has 9 heteroatoms. The third-order valence-corrected chi connectivity index (χ3v) is 6.49. The molecule has 0 aliphatic carbocycles. The van der Waals surface area contributed by atoms with Gasteiger partial charge in [-0.1, -0.05) is 53.2 Å². The summed E-state index contributed by atoms with van der Waals surface area (Å²) < 4.78 is 6.93. The van der Waals surface area contributed by atoms with Gasteiger partial charge in [0.05, 0.1) is 44.7 Å². The molecule has 2 aromatic carbocycles. The topological polar surface area (TPSA) is 77.1 Å². The molecule has 0 radical (unpaired) electrons. The maximum atomic E-state index is 13.1. The molecule has 0 aliphatic heterocycles. The normalized spacial score (nSPS) is 12.1. The highest BCUT2D eigenvalue weighted by Crippen LogP contribution is 2.31. The first-order valence-electron chi connectivity index (χ1n) is 9.37. The summed E-state index contributed by atoms with van der Waals surface area (Å²) in [5.41, 5.74) is 0.789. The summed E-state index contributed by atoms with van der Waals surface area (Å²) in [4.78, 5) is 30.6. The van der Waals surface area contributed by atoms with Crippen molar-refractivity contribution in [3.05, 3.63) is 87.0 Å². The van der Waals surface area contributed by atoms with Crippen molar-refractivity contribution in [1.82, 2.24) is 9.55 Å². The number of amides is 1. The minimum atomic E-state index is -0.564. The van der Waals surface area contributed by atoms with Gasteiger partial charge >= 0.3 is 0 Å². The van der Waals surface area contributed by atoms with Crippen LogP contribution in [0.2, 0.25) is 10.0 Å². The van der Waals surface area contributed by atoms with Crippen LogP contribution in [-0.2, 0) is 11.3 Å². The van der Waals surface area contributed by atoms with Crippen LogP contribution in [-0.4, -0.2) is 20.7 Å².